The normalized spacial score (nSPS) is 21.8. The maximum atomic E-state index is 11.0. The standard InChI is InChI=1S/C6H11N3O3/c7-6(11)9-8-5(10)4-2-1-3-12-4/h4H,1-3H2,(H,8,10)(H3,7,9,11)/t4-/m1/s1. The summed E-state index contributed by atoms with van der Waals surface area (Å²) in [5.41, 5.74) is 8.85. The molecular formula is C6H11N3O3. The van der Waals surface area contributed by atoms with Crippen molar-refractivity contribution in [3.63, 3.8) is 0 Å². The Morgan fingerprint density at radius 3 is 2.67 bits per heavy atom. The van der Waals surface area contributed by atoms with Gasteiger partial charge in [-0.15, -0.1) is 0 Å². The van der Waals surface area contributed by atoms with Crippen LogP contribution in [0.1, 0.15) is 12.8 Å². The first-order valence-corrected chi connectivity index (χ1v) is 3.67. The Hall–Kier alpha value is -1.30. The first kappa shape index (κ1) is 8.79. The van der Waals surface area contributed by atoms with E-state index in [0.29, 0.717) is 13.0 Å². The van der Waals surface area contributed by atoms with Crippen LogP contribution in [0.3, 0.4) is 0 Å². The summed E-state index contributed by atoms with van der Waals surface area (Å²) in [6, 6.07) is -0.790. The molecule has 12 heavy (non-hydrogen) atoms. The van der Waals surface area contributed by atoms with Crippen LogP contribution in [0.15, 0.2) is 0 Å². The van der Waals surface area contributed by atoms with Crippen molar-refractivity contribution in [3.05, 3.63) is 0 Å². The number of hydrogen-bond acceptors (Lipinski definition) is 3. The van der Waals surface area contributed by atoms with Crippen LogP contribution in [0.2, 0.25) is 0 Å². The van der Waals surface area contributed by atoms with Gasteiger partial charge >= 0.3 is 6.03 Å². The lowest BCUT2D eigenvalue weighted by Gasteiger charge is -2.09. The molecule has 4 N–H and O–H groups in total. The molecule has 0 radical (unpaired) electrons. The first-order valence-electron chi connectivity index (χ1n) is 3.67. The van der Waals surface area contributed by atoms with Gasteiger partial charge in [0, 0.05) is 6.61 Å². The van der Waals surface area contributed by atoms with Gasteiger partial charge in [-0.25, -0.2) is 10.2 Å². The summed E-state index contributed by atoms with van der Waals surface area (Å²) in [7, 11) is 0. The molecule has 6 heteroatoms. The van der Waals surface area contributed by atoms with Crippen molar-refractivity contribution < 1.29 is 14.3 Å². The molecule has 68 valence electrons. The number of nitrogens with two attached hydrogens (primary N) is 1. The molecule has 1 aliphatic rings. The van der Waals surface area contributed by atoms with Crippen molar-refractivity contribution >= 4 is 11.9 Å². The predicted octanol–water partition coefficient (Wildman–Crippen LogP) is -1.14. The van der Waals surface area contributed by atoms with Crippen molar-refractivity contribution in [3.8, 4) is 0 Å². The molecule has 0 saturated carbocycles. The van der Waals surface area contributed by atoms with Gasteiger partial charge in [0.1, 0.15) is 6.10 Å². The highest BCUT2D eigenvalue weighted by Crippen LogP contribution is 2.10. The Kier molecular flexibility index (Phi) is 2.87. The number of urea groups is 1. The SMILES string of the molecule is NC(=O)NNC(=O)[C@H]1CCCO1. The molecule has 6 nitrogen and oxygen atoms in total. The molecule has 1 heterocycles. The second-order valence-electron chi connectivity index (χ2n) is 2.48. The van der Waals surface area contributed by atoms with Gasteiger partial charge in [0.25, 0.3) is 5.91 Å². The highest BCUT2D eigenvalue weighted by Gasteiger charge is 2.23. The molecule has 1 fully saturated rings. The molecule has 3 amide bonds. The number of hydrogen-bond donors (Lipinski definition) is 3. The predicted molar refractivity (Wildman–Crippen MR) is 39.8 cm³/mol. The van der Waals surface area contributed by atoms with Crippen LogP contribution in [0, 0.1) is 0 Å². The molecule has 0 aromatic heterocycles. The number of carbonyl (C=O) groups excluding carboxylic acids is 2. The lowest BCUT2D eigenvalue weighted by atomic mass is 10.2. The van der Waals surface area contributed by atoms with Crippen molar-refractivity contribution in [2.24, 2.45) is 5.73 Å². The maximum absolute atomic E-state index is 11.0. The minimum absolute atomic E-state index is 0.355. The molecule has 0 unspecified atom stereocenters. The molecule has 1 atom stereocenters. The fourth-order valence-corrected chi connectivity index (χ4v) is 0.988. The van der Waals surface area contributed by atoms with E-state index in [-0.39, 0.29) is 5.91 Å². The van der Waals surface area contributed by atoms with Crippen molar-refractivity contribution in [2.75, 3.05) is 6.61 Å². The van der Waals surface area contributed by atoms with E-state index in [4.69, 9.17) is 10.5 Å². The molecule has 1 saturated heterocycles. The van der Waals surface area contributed by atoms with Crippen LogP contribution in [-0.4, -0.2) is 24.6 Å². The van der Waals surface area contributed by atoms with E-state index in [1.807, 2.05) is 5.43 Å². The molecule has 0 aliphatic carbocycles. The maximum Gasteiger partial charge on any atom is 0.330 e. The molecule has 1 rings (SSSR count). The third-order valence-electron chi connectivity index (χ3n) is 1.53. The molecule has 0 spiro atoms. The second kappa shape index (κ2) is 3.91. The summed E-state index contributed by atoms with van der Waals surface area (Å²) in [6.45, 7) is 0.592. The highest BCUT2D eigenvalue weighted by molar-refractivity contribution is 5.83. The van der Waals surface area contributed by atoms with E-state index in [1.165, 1.54) is 0 Å². The van der Waals surface area contributed by atoms with Crippen molar-refractivity contribution in [2.45, 2.75) is 18.9 Å². The van der Waals surface area contributed by atoms with E-state index >= 15 is 0 Å². The number of carbonyl (C=O) groups is 2. The Balaban J connectivity index is 2.23. The van der Waals surface area contributed by atoms with Gasteiger partial charge in [-0.3, -0.25) is 10.2 Å². The molecule has 0 aromatic carbocycles. The number of nitrogens with one attached hydrogen (secondary N) is 2. The fourth-order valence-electron chi connectivity index (χ4n) is 0.988. The Labute approximate surface area is 69.4 Å². The summed E-state index contributed by atoms with van der Waals surface area (Å²) in [6.07, 6.45) is 1.11. The largest absolute Gasteiger partial charge is 0.368 e. The van der Waals surface area contributed by atoms with Gasteiger partial charge < -0.3 is 10.5 Å². The van der Waals surface area contributed by atoms with Gasteiger partial charge in [0.2, 0.25) is 0 Å². The van der Waals surface area contributed by atoms with Crippen molar-refractivity contribution in [1.29, 1.82) is 0 Å². The highest BCUT2D eigenvalue weighted by atomic mass is 16.5. The summed E-state index contributed by atoms with van der Waals surface area (Å²) in [5.74, 6) is -0.355. The van der Waals surface area contributed by atoms with Crippen LogP contribution in [-0.2, 0) is 9.53 Å². The van der Waals surface area contributed by atoms with Crippen LogP contribution < -0.4 is 16.6 Å². The quantitative estimate of drug-likeness (QED) is 0.438. The van der Waals surface area contributed by atoms with E-state index in [1.54, 1.807) is 0 Å². The first-order chi connectivity index (χ1) is 5.70. The van der Waals surface area contributed by atoms with Gasteiger partial charge in [-0.05, 0) is 12.8 Å². The molecular weight excluding hydrogens is 162 g/mol. The zero-order valence-corrected chi connectivity index (χ0v) is 6.50. The minimum Gasteiger partial charge on any atom is -0.368 e. The lowest BCUT2D eigenvalue weighted by Crippen LogP contribution is -2.48. The smallest absolute Gasteiger partial charge is 0.330 e. The Morgan fingerprint density at radius 1 is 1.42 bits per heavy atom. The van der Waals surface area contributed by atoms with Gasteiger partial charge in [-0.1, -0.05) is 0 Å². The number of amides is 3. The summed E-state index contributed by atoms with van der Waals surface area (Å²) in [4.78, 5) is 21.2. The minimum atomic E-state index is -0.790. The van der Waals surface area contributed by atoms with E-state index < -0.39 is 12.1 Å². The molecule has 0 aromatic rings. The average molecular weight is 173 g/mol. The summed E-state index contributed by atoms with van der Waals surface area (Å²) in [5, 5.41) is 0. The number of ether oxygens (including phenoxy) is 1. The van der Waals surface area contributed by atoms with E-state index in [0.717, 1.165) is 6.42 Å². The summed E-state index contributed by atoms with van der Waals surface area (Å²) >= 11 is 0. The van der Waals surface area contributed by atoms with Crippen molar-refractivity contribution in [1.82, 2.24) is 10.9 Å². The second-order valence-corrected chi connectivity index (χ2v) is 2.48. The van der Waals surface area contributed by atoms with Gasteiger partial charge in [-0.2, -0.15) is 0 Å². The van der Waals surface area contributed by atoms with Crippen LogP contribution >= 0.6 is 0 Å². The number of hydrazine groups is 1. The topological polar surface area (TPSA) is 93.5 Å². The van der Waals surface area contributed by atoms with Gasteiger partial charge in [0.05, 0.1) is 0 Å². The van der Waals surface area contributed by atoms with Crippen LogP contribution in [0.4, 0.5) is 4.79 Å². The van der Waals surface area contributed by atoms with E-state index in [2.05, 4.69) is 5.43 Å². The Bertz CT molecular complexity index is 188. The number of primary amides is 1. The molecule has 1 aliphatic heterocycles. The van der Waals surface area contributed by atoms with Crippen LogP contribution in [0.25, 0.3) is 0 Å². The zero-order chi connectivity index (χ0) is 8.97. The molecule has 0 bridgehead atoms. The number of rotatable bonds is 1. The zero-order valence-electron chi connectivity index (χ0n) is 6.50. The monoisotopic (exact) mass is 173 g/mol. The average Bonchev–Trinajstić information content (AvgIpc) is 2.51. The lowest BCUT2D eigenvalue weighted by molar-refractivity contribution is -0.130. The Morgan fingerprint density at radius 2 is 2.17 bits per heavy atom. The fraction of sp³-hybridized carbons (Fsp3) is 0.667. The third-order valence-corrected chi connectivity index (χ3v) is 1.53. The van der Waals surface area contributed by atoms with E-state index in [9.17, 15) is 9.59 Å². The summed E-state index contributed by atoms with van der Waals surface area (Å²) < 4.78 is 5.04. The van der Waals surface area contributed by atoms with Gasteiger partial charge in [0.15, 0.2) is 0 Å². The third kappa shape index (κ3) is 2.39. The van der Waals surface area contributed by atoms with Crippen LogP contribution in [0.5, 0.6) is 0 Å².